The van der Waals surface area contributed by atoms with Gasteiger partial charge in [0.1, 0.15) is 5.75 Å². The average Bonchev–Trinajstić information content (AvgIpc) is 3.60. The number of anilines is 2. The predicted octanol–water partition coefficient (Wildman–Crippen LogP) is 1.13. The van der Waals surface area contributed by atoms with Crippen LogP contribution in [0.15, 0.2) is 24.3 Å². The monoisotopic (exact) mass is 412 g/mol. The lowest BCUT2D eigenvalue weighted by molar-refractivity contribution is -0.123. The summed E-state index contributed by atoms with van der Waals surface area (Å²) in [5, 5.41) is 3.04. The second-order valence-corrected chi connectivity index (χ2v) is 7.81. The molecule has 1 saturated carbocycles. The molecule has 2 fully saturated rings. The lowest BCUT2D eigenvalue weighted by Crippen LogP contribution is -2.38. The number of para-hydroxylation sites is 1. The molecule has 1 amide bonds. The highest BCUT2D eigenvalue weighted by atomic mass is 16.5. The van der Waals surface area contributed by atoms with Gasteiger partial charge in [-0.15, -0.1) is 0 Å². The third-order valence-corrected chi connectivity index (χ3v) is 5.57. The van der Waals surface area contributed by atoms with Gasteiger partial charge in [-0.2, -0.15) is 15.0 Å². The highest BCUT2D eigenvalue weighted by molar-refractivity contribution is 5.92. The van der Waals surface area contributed by atoms with Crippen molar-refractivity contribution in [2.75, 3.05) is 57.3 Å². The summed E-state index contributed by atoms with van der Waals surface area (Å²) < 4.78 is 10.9. The molecule has 1 aromatic carbocycles. The minimum absolute atomic E-state index is 0.0215. The van der Waals surface area contributed by atoms with Gasteiger partial charge >= 0.3 is 0 Å². The first kappa shape index (κ1) is 20.3. The molecule has 9 heteroatoms. The fourth-order valence-electron chi connectivity index (χ4n) is 3.69. The third kappa shape index (κ3) is 4.02. The summed E-state index contributed by atoms with van der Waals surface area (Å²) in [7, 11) is 5.41. The lowest BCUT2D eigenvalue weighted by atomic mass is 9.94. The van der Waals surface area contributed by atoms with Crippen molar-refractivity contribution in [3.05, 3.63) is 35.7 Å². The maximum atomic E-state index is 13.1. The van der Waals surface area contributed by atoms with Gasteiger partial charge in [0.2, 0.25) is 17.8 Å². The molecule has 30 heavy (non-hydrogen) atoms. The summed E-state index contributed by atoms with van der Waals surface area (Å²) in [4.78, 5) is 30.7. The van der Waals surface area contributed by atoms with Gasteiger partial charge in [-0.1, -0.05) is 18.2 Å². The van der Waals surface area contributed by atoms with E-state index in [0.29, 0.717) is 30.9 Å². The first-order valence-corrected chi connectivity index (χ1v) is 10.2. The normalized spacial score (nSPS) is 17.4. The Hall–Kier alpha value is -2.94. The SMILES string of the molecule is COc1ccccc1C1(C(=O)NCc2nc(N(C)C)nc(N3CCOCC3)n2)CC1. The highest BCUT2D eigenvalue weighted by Gasteiger charge is 2.52. The van der Waals surface area contributed by atoms with Gasteiger partial charge in [-0.25, -0.2) is 0 Å². The number of benzene rings is 1. The summed E-state index contributed by atoms with van der Waals surface area (Å²) in [5.41, 5.74) is 0.403. The number of carbonyl (C=O) groups is 1. The molecule has 4 rings (SSSR count). The highest BCUT2D eigenvalue weighted by Crippen LogP contribution is 2.51. The Morgan fingerprint density at radius 3 is 2.60 bits per heavy atom. The van der Waals surface area contributed by atoms with E-state index >= 15 is 0 Å². The van der Waals surface area contributed by atoms with Crippen molar-refractivity contribution in [1.82, 2.24) is 20.3 Å². The molecule has 0 radical (unpaired) electrons. The Morgan fingerprint density at radius 1 is 1.20 bits per heavy atom. The second-order valence-electron chi connectivity index (χ2n) is 7.81. The molecule has 0 atom stereocenters. The van der Waals surface area contributed by atoms with Crippen LogP contribution in [-0.4, -0.2) is 68.4 Å². The summed E-state index contributed by atoms with van der Waals surface area (Å²) >= 11 is 0. The summed E-state index contributed by atoms with van der Waals surface area (Å²) in [6.45, 7) is 3.02. The molecule has 1 N–H and O–H groups in total. The zero-order valence-corrected chi connectivity index (χ0v) is 17.7. The predicted molar refractivity (Wildman–Crippen MR) is 113 cm³/mol. The number of hydrogen-bond acceptors (Lipinski definition) is 8. The van der Waals surface area contributed by atoms with E-state index in [2.05, 4.69) is 25.2 Å². The van der Waals surface area contributed by atoms with E-state index in [1.807, 2.05) is 43.3 Å². The molecule has 0 spiro atoms. The topological polar surface area (TPSA) is 92.7 Å². The minimum atomic E-state index is -0.531. The molecular weight excluding hydrogens is 384 g/mol. The van der Waals surface area contributed by atoms with Crippen molar-refractivity contribution in [3.8, 4) is 5.75 Å². The van der Waals surface area contributed by atoms with Crippen LogP contribution >= 0.6 is 0 Å². The Bertz CT molecular complexity index is 909. The van der Waals surface area contributed by atoms with E-state index in [-0.39, 0.29) is 12.5 Å². The molecule has 0 unspecified atom stereocenters. The molecule has 2 heterocycles. The largest absolute Gasteiger partial charge is 0.496 e. The number of carbonyl (C=O) groups excluding carboxylic acids is 1. The van der Waals surface area contributed by atoms with Crippen LogP contribution in [0.5, 0.6) is 5.75 Å². The molecule has 2 aliphatic rings. The third-order valence-electron chi connectivity index (χ3n) is 5.57. The number of nitrogens with one attached hydrogen (secondary N) is 1. The van der Waals surface area contributed by atoms with Crippen LogP contribution < -0.4 is 19.9 Å². The molecule has 1 aliphatic carbocycles. The minimum Gasteiger partial charge on any atom is -0.496 e. The molecule has 1 saturated heterocycles. The lowest BCUT2D eigenvalue weighted by Gasteiger charge is -2.27. The van der Waals surface area contributed by atoms with Crippen molar-refractivity contribution < 1.29 is 14.3 Å². The van der Waals surface area contributed by atoms with Crippen molar-refractivity contribution >= 4 is 17.8 Å². The van der Waals surface area contributed by atoms with Crippen molar-refractivity contribution in [2.45, 2.75) is 24.8 Å². The fraction of sp³-hybridized carbons (Fsp3) is 0.524. The number of aromatic nitrogens is 3. The number of ether oxygens (including phenoxy) is 2. The van der Waals surface area contributed by atoms with E-state index in [1.165, 1.54) is 0 Å². The van der Waals surface area contributed by atoms with Crippen LogP contribution in [0, 0.1) is 0 Å². The summed E-state index contributed by atoms with van der Waals surface area (Å²) in [6.07, 6.45) is 1.61. The van der Waals surface area contributed by atoms with E-state index in [4.69, 9.17) is 9.47 Å². The second kappa shape index (κ2) is 8.43. The average molecular weight is 412 g/mol. The van der Waals surface area contributed by atoms with Crippen molar-refractivity contribution in [1.29, 1.82) is 0 Å². The number of amides is 1. The van der Waals surface area contributed by atoms with Crippen LogP contribution in [0.2, 0.25) is 0 Å². The molecular formula is C21H28N6O3. The van der Waals surface area contributed by atoms with Gasteiger partial charge in [0.25, 0.3) is 0 Å². The van der Waals surface area contributed by atoms with Gasteiger partial charge in [0.05, 0.1) is 32.3 Å². The van der Waals surface area contributed by atoms with Crippen LogP contribution in [0.4, 0.5) is 11.9 Å². The first-order valence-electron chi connectivity index (χ1n) is 10.2. The Morgan fingerprint density at radius 2 is 1.93 bits per heavy atom. The van der Waals surface area contributed by atoms with Crippen molar-refractivity contribution in [3.63, 3.8) is 0 Å². The summed E-state index contributed by atoms with van der Waals surface area (Å²) in [6, 6.07) is 7.72. The first-order chi connectivity index (χ1) is 14.5. The number of rotatable bonds is 7. The fourth-order valence-corrected chi connectivity index (χ4v) is 3.69. The smallest absolute Gasteiger partial charge is 0.231 e. The van der Waals surface area contributed by atoms with E-state index in [1.54, 1.807) is 7.11 Å². The Balaban J connectivity index is 1.51. The van der Waals surface area contributed by atoms with E-state index in [0.717, 1.165) is 37.2 Å². The van der Waals surface area contributed by atoms with Crippen LogP contribution in [0.25, 0.3) is 0 Å². The van der Waals surface area contributed by atoms with Crippen LogP contribution in [0.1, 0.15) is 24.2 Å². The van der Waals surface area contributed by atoms with Gasteiger partial charge in [0, 0.05) is 32.7 Å². The van der Waals surface area contributed by atoms with Crippen LogP contribution in [-0.2, 0) is 21.5 Å². The van der Waals surface area contributed by atoms with Gasteiger partial charge in [-0.05, 0) is 18.9 Å². The van der Waals surface area contributed by atoms with Gasteiger partial charge < -0.3 is 24.6 Å². The van der Waals surface area contributed by atoms with Crippen molar-refractivity contribution in [2.24, 2.45) is 0 Å². The van der Waals surface area contributed by atoms with E-state index in [9.17, 15) is 4.79 Å². The molecule has 1 aromatic heterocycles. The summed E-state index contributed by atoms with van der Waals surface area (Å²) in [5.74, 6) is 2.45. The van der Waals surface area contributed by atoms with E-state index < -0.39 is 5.41 Å². The number of morpholine rings is 1. The van der Waals surface area contributed by atoms with Gasteiger partial charge in [-0.3, -0.25) is 4.79 Å². The number of hydrogen-bond donors (Lipinski definition) is 1. The Labute approximate surface area is 176 Å². The zero-order chi connectivity index (χ0) is 21.1. The number of methoxy groups -OCH3 is 1. The molecule has 0 bridgehead atoms. The molecule has 2 aromatic rings. The van der Waals surface area contributed by atoms with Crippen LogP contribution in [0.3, 0.4) is 0 Å². The molecule has 9 nitrogen and oxygen atoms in total. The standard InChI is InChI=1S/C21H28N6O3/c1-26(2)19-23-17(24-20(25-19)27-10-12-30-13-11-27)14-22-18(28)21(8-9-21)15-6-4-5-7-16(15)29-3/h4-7H,8-14H2,1-3H3,(H,22,28). The molecule has 160 valence electrons. The Kier molecular flexibility index (Phi) is 5.72. The van der Waals surface area contributed by atoms with Gasteiger partial charge in [0.15, 0.2) is 5.82 Å². The maximum Gasteiger partial charge on any atom is 0.231 e. The zero-order valence-electron chi connectivity index (χ0n) is 17.7. The molecule has 1 aliphatic heterocycles. The maximum absolute atomic E-state index is 13.1. The quantitative estimate of drug-likeness (QED) is 0.724. The number of nitrogens with zero attached hydrogens (tertiary/aromatic N) is 5.